The van der Waals surface area contributed by atoms with Gasteiger partial charge in [-0.15, -0.1) is 0 Å². The van der Waals surface area contributed by atoms with Crippen molar-refractivity contribution in [3.63, 3.8) is 0 Å². The molecule has 4 rings (SSSR count). The first-order valence-corrected chi connectivity index (χ1v) is 11.2. The van der Waals surface area contributed by atoms with Crippen LogP contribution >= 0.6 is 0 Å². The standard InChI is InChI=1S/C21H24N2O4S/c24-21(22-13-7-2-8-14-22)20-15-23(18-11-5-6-12-19(18)27-20)28(25,26)16-17-9-3-1-4-10-17/h1,3-6,9-12,20H,2,7-8,13-16H2/t20-/m0/s1. The number of likely N-dealkylation sites (tertiary alicyclic amines) is 1. The summed E-state index contributed by atoms with van der Waals surface area (Å²) in [7, 11) is -3.66. The van der Waals surface area contributed by atoms with Gasteiger partial charge < -0.3 is 9.64 Å². The highest BCUT2D eigenvalue weighted by molar-refractivity contribution is 7.92. The highest BCUT2D eigenvalue weighted by Crippen LogP contribution is 2.36. The Bertz CT molecular complexity index is 940. The van der Waals surface area contributed by atoms with E-state index >= 15 is 0 Å². The first-order chi connectivity index (χ1) is 13.5. The lowest BCUT2D eigenvalue weighted by atomic mass is 10.1. The number of hydrogen-bond donors (Lipinski definition) is 0. The predicted molar refractivity (Wildman–Crippen MR) is 108 cm³/mol. The van der Waals surface area contributed by atoms with Crippen molar-refractivity contribution in [2.24, 2.45) is 0 Å². The molecule has 1 amide bonds. The van der Waals surface area contributed by atoms with E-state index in [4.69, 9.17) is 4.74 Å². The number of nitrogens with zero attached hydrogens (tertiary/aromatic N) is 2. The van der Waals surface area contributed by atoms with Crippen molar-refractivity contribution in [1.82, 2.24) is 4.90 Å². The molecule has 2 aromatic rings. The molecular formula is C21H24N2O4S. The van der Waals surface area contributed by atoms with E-state index in [0.717, 1.165) is 19.3 Å². The maximum atomic E-state index is 13.2. The van der Waals surface area contributed by atoms with Crippen molar-refractivity contribution in [1.29, 1.82) is 0 Å². The van der Waals surface area contributed by atoms with Crippen LogP contribution in [0.4, 0.5) is 5.69 Å². The van der Waals surface area contributed by atoms with E-state index in [1.807, 2.05) is 18.2 Å². The van der Waals surface area contributed by atoms with E-state index in [1.54, 1.807) is 41.3 Å². The lowest BCUT2D eigenvalue weighted by molar-refractivity contribution is -0.139. The van der Waals surface area contributed by atoms with Crippen molar-refractivity contribution in [3.05, 3.63) is 60.2 Å². The molecule has 0 N–H and O–H groups in total. The number of amides is 1. The zero-order valence-corrected chi connectivity index (χ0v) is 16.5. The first kappa shape index (κ1) is 18.8. The molecule has 2 aliphatic rings. The van der Waals surface area contributed by atoms with E-state index in [1.165, 1.54) is 4.31 Å². The van der Waals surface area contributed by atoms with Crippen molar-refractivity contribution < 1.29 is 17.9 Å². The minimum Gasteiger partial charge on any atom is -0.476 e. The Balaban J connectivity index is 1.62. The fraction of sp³-hybridized carbons (Fsp3) is 0.381. The monoisotopic (exact) mass is 400 g/mol. The Kier molecular flexibility index (Phi) is 5.26. The molecule has 7 heteroatoms. The SMILES string of the molecule is O=C([C@@H]1CN(S(=O)(=O)Cc2ccccc2)c2ccccc2O1)N1CCCCC1. The van der Waals surface area contributed by atoms with E-state index in [0.29, 0.717) is 30.1 Å². The molecule has 0 spiro atoms. The van der Waals surface area contributed by atoms with Crippen LogP contribution in [0.25, 0.3) is 0 Å². The number of sulfonamides is 1. The highest BCUT2D eigenvalue weighted by Gasteiger charge is 2.38. The fourth-order valence-electron chi connectivity index (χ4n) is 3.77. The summed E-state index contributed by atoms with van der Waals surface area (Å²) in [5, 5.41) is 0. The van der Waals surface area contributed by atoms with Crippen LogP contribution < -0.4 is 9.04 Å². The number of rotatable bonds is 4. The molecule has 0 bridgehead atoms. The number of benzene rings is 2. The number of para-hydroxylation sites is 2. The molecule has 148 valence electrons. The largest absolute Gasteiger partial charge is 0.476 e. The minimum atomic E-state index is -3.66. The lowest BCUT2D eigenvalue weighted by Crippen LogP contribution is -2.52. The Morgan fingerprint density at radius 2 is 1.64 bits per heavy atom. The van der Waals surface area contributed by atoms with Gasteiger partial charge in [0.1, 0.15) is 5.75 Å². The van der Waals surface area contributed by atoms with Gasteiger partial charge in [-0.2, -0.15) is 0 Å². The van der Waals surface area contributed by atoms with Crippen molar-refractivity contribution >= 4 is 21.6 Å². The van der Waals surface area contributed by atoms with Gasteiger partial charge in [-0.3, -0.25) is 9.10 Å². The number of carbonyl (C=O) groups excluding carboxylic acids is 1. The molecule has 6 nitrogen and oxygen atoms in total. The summed E-state index contributed by atoms with van der Waals surface area (Å²) in [6, 6.07) is 16.1. The number of piperidine rings is 1. The van der Waals surface area contributed by atoms with E-state index in [9.17, 15) is 13.2 Å². The number of carbonyl (C=O) groups is 1. The molecule has 28 heavy (non-hydrogen) atoms. The summed E-state index contributed by atoms with van der Waals surface area (Å²) in [4.78, 5) is 14.8. The maximum Gasteiger partial charge on any atom is 0.265 e. The summed E-state index contributed by atoms with van der Waals surface area (Å²) in [5.41, 5.74) is 1.20. The molecule has 0 saturated carbocycles. The quantitative estimate of drug-likeness (QED) is 0.792. The third-order valence-electron chi connectivity index (χ3n) is 5.21. The molecule has 2 heterocycles. The Morgan fingerprint density at radius 1 is 0.964 bits per heavy atom. The van der Waals surface area contributed by atoms with Crippen LogP contribution in [0, 0.1) is 0 Å². The normalized spacial score (nSPS) is 19.6. The van der Waals surface area contributed by atoms with Gasteiger partial charge in [0.05, 0.1) is 18.0 Å². The average molecular weight is 401 g/mol. The smallest absolute Gasteiger partial charge is 0.265 e. The average Bonchev–Trinajstić information content (AvgIpc) is 2.73. The molecule has 1 atom stereocenters. The fourth-order valence-corrected chi connectivity index (χ4v) is 5.36. The number of ether oxygens (including phenoxy) is 1. The van der Waals surface area contributed by atoms with E-state index in [2.05, 4.69) is 0 Å². The summed E-state index contributed by atoms with van der Waals surface area (Å²) in [5.74, 6) is 0.183. The van der Waals surface area contributed by atoms with Crippen molar-refractivity contribution in [2.45, 2.75) is 31.1 Å². The predicted octanol–water partition coefficient (Wildman–Crippen LogP) is 2.80. The van der Waals surface area contributed by atoms with Gasteiger partial charge in [-0.05, 0) is 37.0 Å². The van der Waals surface area contributed by atoms with Crippen LogP contribution in [0.5, 0.6) is 5.75 Å². The third-order valence-corrected chi connectivity index (χ3v) is 6.92. The van der Waals surface area contributed by atoms with Crippen LogP contribution in [0.3, 0.4) is 0 Å². The van der Waals surface area contributed by atoms with Crippen molar-refractivity contribution in [3.8, 4) is 5.75 Å². The molecule has 0 aliphatic carbocycles. The van der Waals surface area contributed by atoms with Gasteiger partial charge in [-0.1, -0.05) is 42.5 Å². The number of fused-ring (bicyclic) bond motifs is 1. The Labute approximate surface area is 165 Å². The van der Waals surface area contributed by atoms with E-state index in [-0.39, 0.29) is 18.2 Å². The van der Waals surface area contributed by atoms with Crippen LogP contribution in [0.2, 0.25) is 0 Å². The van der Waals surface area contributed by atoms with Crippen LogP contribution in [0.15, 0.2) is 54.6 Å². The second kappa shape index (κ2) is 7.83. The first-order valence-electron chi connectivity index (χ1n) is 9.63. The second-order valence-corrected chi connectivity index (χ2v) is 9.13. The summed E-state index contributed by atoms with van der Waals surface area (Å²) < 4.78 is 33.7. The van der Waals surface area contributed by atoms with Crippen LogP contribution in [-0.4, -0.2) is 45.0 Å². The third kappa shape index (κ3) is 3.85. The Morgan fingerprint density at radius 3 is 2.39 bits per heavy atom. The van der Waals surface area contributed by atoms with Gasteiger partial charge in [-0.25, -0.2) is 8.42 Å². The van der Waals surface area contributed by atoms with Gasteiger partial charge in [0.15, 0.2) is 6.10 Å². The lowest BCUT2D eigenvalue weighted by Gasteiger charge is -2.37. The Hall–Kier alpha value is -2.54. The topological polar surface area (TPSA) is 66.9 Å². The maximum absolute atomic E-state index is 13.2. The highest BCUT2D eigenvalue weighted by atomic mass is 32.2. The zero-order valence-electron chi connectivity index (χ0n) is 15.7. The second-order valence-electron chi connectivity index (χ2n) is 7.23. The number of hydrogen-bond acceptors (Lipinski definition) is 4. The molecule has 0 unspecified atom stereocenters. The van der Waals surface area contributed by atoms with E-state index < -0.39 is 16.1 Å². The number of anilines is 1. The summed E-state index contributed by atoms with van der Waals surface area (Å²) >= 11 is 0. The summed E-state index contributed by atoms with van der Waals surface area (Å²) in [6.07, 6.45) is 2.25. The van der Waals surface area contributed by atoms with Crippen LogP contribution in [-0.2, 0) is 20.6 Å². The molecule has 1 saturated heterocycles. The minimum absolute atomic E-state index is 0.00150. The van der Waals surface area contributed by atoms with Gasteiger partial charge >= 0.3 is 0 Å². The van der Waals surface area contributed by atoms with Gasteiger partial charge in [0.25, 0.3) is 5.91 Å². The zero-order chi connectivity index (χ0) is 19.6. The molecule has 1 fully saturated rings. The molecule has 2 aliphatic heterocycles. The molecule has 2 aromatic carbocycles. The molecule has 0 radical (unpaired) electrons. The molecular weight excluding hydrogens is 376 g/mol. The van der Waals surface area contributed by atoms with Gasteiger partial charge in [0.2, 0.25) is 10.0 Å². The van der Waals surface area contributed by atoms with Crippen LogP contribution in [0.1, 0.15) is 24.8 Å². The summed E-state index contributed by atoms with van der Waals surface area (Å²) in [6.45, 7) is 1.41. The van der Waals surface area contributed by atoms with Crippen molar-refractivity contribution in [2.75, 3.05) is 23.9 Å². The molecule has 0 aromatic heterocycles. The van der Waals surface area contributed by atoms with Gasteiger partial charge in [0, 0.05) is 13.1 Å².